The van der Waals surface area contributed by atoms with Crippen LogP contribution in [0, 0.1) is 0 Å². The lowest BCUT2D eigenvalue weighted by Crippen LogP contribution is -2.29. The highest BCUT2D eigenvalue weighted by Crippen LogP contribution is 2.25. The maximum Gasteiger partial charge on any atom is 0.337 e. The first-order valence-electron chi connectivity index (χ1n) is 9.76. The van der Waals surface area contributed by atoms with E-state index in [1.165, 1.54) is 43.1 Å². The number of nitrogens with one attached hydrogen (secondary N) is 1. The van der Waals surface area contributed by atoms with Gasteiger partial charge >= 0.3 is 5.97 Å². The second-order valence-corrected chi connectivity index (χ2v) is 9.95. The summed E-state index contributed by atoms with van der Waals surface area (Å²) in [5, 5.41) is 9.61. The Bertz CT molecular complexity index is 1180. The van der Waals surface area contributed by atoms with Crippen molar-refractivity contribution in [2.24, 2.45) is 0 Å². The van der Waals surface area contributed by atoms with Gasteiger partial charge in [0.25, 0.3) is 0 Å². The molecule has 8 nitrogen and oxygen atoms in total. The SMILES string of the molecule is CCn1c(SCc2ccc(C(=O)OC)cc2)nnc1[C@@H](C)NS(=O)(=O)c1ccc(Cl)cc1. The number of carbonyl (C=O) groups excluding carboxylic acids is 1. The van der Waals surface area contributed by atoms with Crippen molar-refractivity contribution in [1.82, 2.24) is 19.5 Å². The molecule has 0 aliphatic heterocycles. The second-order valence-electron chi connectivity index (χ2n) is 6.86. The summed E-state index contributed by atoms with van der Waals surface area (Å²) >= 11 is 7.33. The molecule has 0 unspecified atom stereocenters. The first-order valence-corrected chi connectivity index (χ1v) is 12.6. The number of benzene rings is 2. The van der Waals surface area contributed by atoms with Gasteiger partial charge in [0, 0.05) is 17.3 Å². The molecule has 11 heteroatoms. The number of methoxy groups -OCH3 is 1. The van der Waals surface area contributed by atoms with Crippen LogP contribution in [0.4, 0.5) is 0 Å². The molecule has 3 rings (SSSR count). The zero-order valence-corrected chi connectivity index (χ0v) is 20.2. The van der Waals surface area contributed by atoms with E-state index in [0.29, 0.717) is 33.9 Å². The van der Waals surface area contributed by atoms with Crippen LogP contribution in [0.15, 0.2) is 58.6 Å². The van der Waals surface area contributed by atoms with Gasteiger partial charge in [-0.3, -0.25) is 0 Å². The average Bonchev–Trinajstić information content (AvgIpc) is 3.20. The summed E-state index contributed by atoms with van der Waals surface area (Å²) in [6, 6.07) is 12.5. The summed E-state index contributed by atoms with van der Waals surface area (Å²) in [7, 11) is -2.40. The fraction of sp³-hybridized carbons (Fsp3) is 0.286. The molecule has 3 aromatic rings. The highest BCUT2D eigenvalue weighted by atomic mass is 35.5. The van der Waals surface area contributed by atoms with Crippen molar-refractivity contribution >= 4 is 39.4 Å². The molecule has 1 aromatic heterocycles. The maximum atomic E-state index is 12.7. The monoisotopic (exact) mass is 494 g/mol. The summed E-state index contributed by atoms with van der Waals surface area (Å²) < 4.78 is 34.6. The number of ether oxygens (including phenoxy) is 1. The number of esters is 1. The number of sulfonamides is 1. The van der Waals surface area contributed by atoms with Crippen LogP contribution in [0.2, 0.25) is 5.02 Å². The van der Waals surface area contributed by atoms with Gasteiger partial charge in [0.05, 0.1) is 23.6 Å². The molecule has 170 valence electrons. The predicted octanol–water partition coefficient (Wildman–Crippen LogP) is 4.07. The van der Waals surface area contributed by atoms with Crippen LogP contribution in [0.5, 0.6) is 0 Å². The van der Waals surface area contributed by atoms with E-state index in [4.69, 9.17) is 16.3 Å². The van der Waals surface area contributed by atoms with Gasteiger partial charge in [-0.25, -0.2) is 17.9 Å². The maximum absolute atomic E-state index is 12.7. The third kappa shape index (κ3) is 5.69. The van der Waals surface area contributed by atoms with E-state index in [9.17, 15) is 13.2 Å². The van der Waals surface area contributed by atoms with E-state index in [-0.39, 0.29) is 10.9 Å². The molecule has 0 fully saturated rings. The summed E-state index contributed by atoms with van der Waals surface area (Å²) in [4.78, 5) is 11.7. The van der Waals surface area contributed by atoms with Gasteiger partial charge in [-0.2, -0.15) is 0 Å². The Morgan fingerprint density at radius 2 is 1.81 bits per heavy atom. The zero-order chi connectivity index (χ0) is 23.3. The molecule has 0 radical (unpaired) electrons. The molecular formula is C21H23ClN4O4S2. The minimum absolute atomic E-state index is 0.126. The topological polar surface area (TPSA) is 103 Å². The van der Waals surface area contributed by atoms with Crippen LogP contribution in [-0.2, 0) is 27.1 Å². The lowest BCUT2D eigenvalue weighted by atomic mass is 10.1. The first-order chi connectivity index (χ1) is 15.2. The Kier molecular flexibility index (Phi) is 7.94. The van der Waals surface area contributed by atoms with Crippen LogP contribution >= 0.6 is 23.4 Å². The van der Waals surface area contributed by atoms with Crippen molar-refractivity contribution < 1.29 is 17.9 Å². The Labute approximate surface area is 196 Å². The number of aromatic nitrogens is 3. The van der Waals surface area contributed by atoms with Crippen LogP contribution in [0.25, 0.3) is 0 Å². The van der Waals surface area contributed by atoms with E-state index in [1.807, 2.05) is 23.6 Å². The van der Waals surface area contributed by atoms with Crippen molar-refractivity contribution in [3.63, 3.8) is 0 Å². The summed E-state index contributed by atoms with van der Waals surface area (Å²) in [6.07, 6.45) is 0. The molecule has 0 aliphatic rings. The van der Waals surface area contributed by atoms with Gasteiger partial charge in [-0.1, -0.05) is 35.5 Å². The number of rotatable bonds is 9. The number of thioether (sulfide) groups is 1. The molecule has 0 saturated heterocycles. The van der Waals surface area contributed by atoms with Gasteiger partial charge in [0.2, 0.25) is 10.0 Å². The van der Waals surface area contributed by atoms with Crippen LogP contribution in [-0.4, -0.2) is 36.3 Å². The van der Waals surface area contributed by atoms with Crippen LogP contribution in [0.3, 0.4) is 0 Å². The molecule has 0 bridgehead atoms. The molecular weight excluding hydrogens is 472 g/mol. The standard InChI is InChI=1S/C21H23ClN4O4S2/c1-4-26-19(14(2)25-32(28,29)18-11-9-17(22)10-12-18)23-24-21(26)31-13-15-5-7-16(8-6-15)20(27)30-3/h5-12,14,25H,4,13H2,1-3H3/t14-/m1/s1. The van der Waals surface area contributed by atoms with Gasteiger partial charge in [0.15, 0.2) is 11.0 Å². The number of nitrogens with zero attached hydrogens (tertiary/aromatic N) is 3. The van der Waals surface area contributed by atoms with Gasteiger partial charge < -0.3 is 9.30 Å². The highest BCUT2D eigenvalue weighted by Gasteiger charge is 2.23. The van der Waals surface area contributed by atoms with Crippen molar-refractivity contribution in [3.8, 4) is 0 Å². The molecule has 0 aliphatic carbocycles. The van der Waals surface area contributed by atoms with Gasteiger partial charge in [-0.05, 0) is 55.8 Å². The molecule has 0 spiro atoms. The van der Waals surface area contributed by atoms with Crippen LogP contribution < -0.4 is 4.72 Å². The normalized spacial score (nSPS) is 12.5. The molecule has 2 aromatic carbocycles. The van der Waals surface area contributed by atoms with E-state index < -0.39 is 16.1 Å². The quantitative estimate of drug-likeness (QED) is 0.353. The summed E-state index contributed by atoms with van der Waals surface area (Å²) in [6.45, 7) is 4.26. The lowest BCUT2D eigenvalue weighted by Gasteiger charge is -2.15. The number of hydrogen-bond acceptors (Lipinski definition) is 7. The van der Waals surface area contributed by atoms with Gasteiger partial charge in [-0.15, -0.1) is 10.2 Å². The second kappa shape index (κ2) is 10.5. The molecule has 0 amide bonds. The largest absolute Gasteiger partial charge is 0.465 e. The van der Waals surface area contributed by atoms with E-state index in [2.05, 4.69) is 14.9 Å². The Hall–Kier alpha value is -2.40. The number of hydrogen-bond donors (Lipinski definition) is 1. The number of halogens is 1. The van der Waals surface area contributed by atoms with E-state index in [1.54, 1.807) is 19.1 Å². The van der Waals surface area contributed by atoms with Crippen molar-refractivity contribution in [2.45, 2.75) is 42.2 Å². The van der Waals surface area contributed by atoms with Crippen molar-refractivity contribution in [3.05, 3.63) is 70.5 Å². The zero-order valence-electron chi connectivity index (χ0n) is 17.8. The first kappa shape index (κ1) is 24.2. The molecule has 32 heavy (non-hydrogen) atoms. The Morgan fingerprint density at radius 1 is 1.16 bits per heavy atom. The fourth-order valence-corrected chi connectivity index (χ4v) is 5.29. The number of carbonyl (C=O) groups is 1. The average molecular weight is 495 g/mol. The van der Waals surface area contributed by atoms with Gasteiger partial charge in [0.1, 0.15) is 0 Å². The van der Waals surface area contributed by atoms with Crippen molar-refractivity contribution in [1.29, 1.82) is 0 Å². The summed E-state index contributed by atoms with van der Waals surface area (Å²) in [5.74, 6) is 0.757. The van der Waals surface area contributed by atoms with E-state index in [0.717, 1.165) is 5.56 Å². The molecule has 0 saturated carbocycles. The Balaban J connectivity index is 1.71. The van der Waals surface area contributed by atoms with E-state index >= 15 is 0 Å². The Morgan fingerprint density at radius 3 is 2.41 bits per heavy atom. The van der Waals surface area contributed by atoms with Crippen LogP contribution in [0.1, 0.15) is 41.6 Å². The molecule has 1 N–H and O–H groups in total. The third-order valence-electron chi connectivity index (χ3n) is 4.65. The van der Waals surface area contributed by atoms with Crippen molar-refractivity contribution in [2.75, 3.05) is 7.11 Å². The summed E-state index contributed by atoms with van der Waals surface area (Å²) in [5.41, 5.74) is 1.49. The minimum Gasteiger partial charge on any atom is -0.465 e. The molecule has 1 heterocycles. The highest BCUT2D eigenvalue weighted by molar-refractivity contribution is 7.98. The third-order valence-corrected chi connectivity index (χ3v) is 7.49. The molecule has 1 atom stereocenters. The fourth-order valence-electron chi connectivity index (χ4n) is 2.99. The predicted molar refractivity (Wildman–Crippen MR) is 123 cm³/mol. The smallest absolute Gasteiger partial charge is 0.337 e. The minimum atomic E-state index is -3.74. The lowest BCUT2D eigenvalue weighted by molar-refractivity contribution is 0.0600.